The molecule has 0 atom stereocenters. The van der Waals surface area contributed by atoms with Gasteiger partial charge in [-0.05, 0) is 46.2 Å². The third-order valence-corrected chi connectivity index (χ3v) is 7.07. The highest BCUT2D eigenvalue weighted by Gasteiger charge is 2.34. The summed E-state index contributed by atoms with van der Waals surface area (Å²) in [7, 11) is -2.16. The lowest BCUT2D eigenvalue weighted by Gasteiger charge is -2.25. The number of hydrogen-bond donors (Lipinski definition) is 2. The zero-order chi connectivity index (χ0) is 19.8. The Morgan fingerprint density at radius 2 is 2.07 bits per heavy atom. The number of imidazole rings is 1. The smallest absolute Gasteiger partial charge is 0.240 e. The first-order chi connectivity index (χ1) is 12.6. The summed E-state index contributed by atoms with van der Waals surface area (Å²) < 4.78 is 34.3. The summed E-state index contributed by atoms with van der Waals surface area (Å²) in [4.78, 5) is 7.72. The van der Waals surface area contributed by atoms with E-state index in [2.05, 4.69) is 14.3 Å². The van der Waals surface area contributed by atoms with E-state index in [0.717, 1.165) is 35.8 Å². The van der Waals surface area contributed by atoms with Crippen molar-refractivity contribution in [2.45, 2.75) is 57.9 Å². The quantitative estimate of drug-likeness (QED) is 0.671. The lowest BCUT2D eigenvalue weighted by Crippen LogP contribution is -2.42. The van der Waals surface area contributed by atoms with Crippen molar-refractivity contribution in [3.05, 3.63) is 17.6 Å². The number of nitrogens with zero attached hydrogens (tertiary/aromatic N) is 3. The van der Waals surface area contributed by atoms with Crippen molar-refractivity contribution in [3.63, 3.8) is 0 Å². The number of hydrogen-bond acceptors (Lipinski definition) is 6. The molecular weight excluding hydrogens is 366 g/mol. The number of sulfonamides is 1. The average molecular weight is 396 g/mol. The van der Waals surface area contributed by atoms with Crippen molar-refractivity contribution < 1.29 is 13.2 Å². The molecule has 2 heterocycles. The van der Waals surface area contributed by atoms with Gasteiger partial charge in [0.15, 0.2) is 10.8 Å². The number of anilines is 1. The second-order valence-corrected chi connectivity index (χ2v) is 10.0. The van der Waals surface area contributed by atoms with E-state index in [1.165, 1.54) is 19.9 Å². The number of ether oxygens (including phenoxy) is 1. The first kappa shape index (κ1) is 20.0. The van der Waals surface area contributed by atoms with E-state index < -0.39 is 15.0 Å². The van der Waals surface area contributed by atoms with Crippen LogP contribution in [-0.2, 0) is 27.7 Å². The molecule has 2 aromatic heterocycles. The maximum absolute atomic E-state index is 12.1. The fraction of sp³-hybridized carbons (Fsp3) is 0.667. The zero-order valence-electron chi connectivity index (χ0n) is 16.4. The van der Waals surface area contributed by atoms with E-state index in [1.54, 1.807) is 13.8 Å². The van der Waals surface area contributed by atoms with Gasteiger partial charge in [-0.3, -0.25) is 0 Å². The second-order valence-electron chi connectivity index (χ2n) is 7.63. The molecule has 0 saturated heterocycles. The highest BCUT2D eigenvalue weighted by atomic mass is 32.2. The van der Waals surface area contributed by atoms with Crippen LogP contribution < -0.4 is 10.5 Å². The van der Waals surface area contributed by atoms with Gasteiger partial charge >= 0.3 is 0 Å². The monoisotopic (exact) mass is 395 g/mol. The van der Waals surface area contributed by atoms with Crippen LogP contribution in [0, 0.1) is 12.8 Å². The topological polar surface area (TPSA) is 112 Å². The largest absolute Gasteiger partial charge is 0.382 e. The predicted molar refractivity (Wildman–Crippen MR) is 106 cm³/mol. The van der Waals surface area contributed by atoms with Gasteiger partial charge in [0.2, 0.25) is 10.0 Å². The predicted octanol–water partition coefficient (Wildman–Crippen LogP) is 1.97. The first-order valence-corrected chi connectivity index (χ1v) is 10.8. The fourth-order valence-electron chi connectivity index (χ4n) is 3.21. The van der Waals surface area contributed by atoms with Crippen molar-refractivity contribution in [1.29, 1.82) is 0 Å². The van der Waals surface area contributed by atoms with E-state index in [4.69, 9.17) is 15.5 Å². The van der Waals surface area contributed by atoms with E-state index in [1.807, 2.05) is 13.0 Å². The molecule has 27 heavy (non-hydrogen) atoms. The number of fused-ring (bicyclic) bond motifs is 1. The molecule has 3 N–H and O–H groups in total. The molecule has 8 nitrogen and oxygen atoms in total. The van der Waals surface area contributed by atoms with Gasteiger partial charge in [-0.2, -0.15) is 0 Å². The second kappa shape index (κ2) is 7.37. The Kier molecular flexibility index (Phi) is 5.47. The minimum absolute atomic E-state index is 0.247. The first-order valence-electron chi connectivity index (χ1n) is 9.34. The van der Waals surface area contributed by atoms with Crippen LogP contribution >= 0.6 is 0 Å². The van der Waals surface area contributed by atoms with Crippen LogP contribution in [0.5, 0.6) is 0 Å². The van der Waals surface area contributed by atoms with E-state index in [9.17, 15) is 8.42 Å². The molecule has 1 aliphatic carbocycles. The number of aromatic nitrogens is 3. The highest BCUT2D eigenvalue weighted by molar-refractivity contribution is 7.90. The summed E-state index contributed by atoms with van der Waals surface area (Å²) in [5, 5.41) is 0. The van der Waals surface area contributed by atoms with Gasteiger partial charge in [-0.15, -0.1) is 0 Å². The lowest BCUT2D eigenvalue weighted by molar-refractivity contribution is 0.0386. The minimum Gasteiger partial charge on any atom is -0.382 e. The van der Waals surface area contributed by atoms with E-state index in [0.29, 0.717) is 17.9 Å². The molecule has 0 aliphatic heterocycles. The van der Waals surface area contributed by atoms with Crippen LogP contribution in [0.3, 0.4) is 0 Å². The molecule has 150 valence electrons. The summed E-state index contributed by atoms with van der Waals surface area (Å²) in [6.45, 7) is 5.74. The maximum Gasteiger partial charge on any atom is 0.240 e. The highest BCUT2D eigenvalue weighted by Crippen LogP contribution is 2.34. The molecule has 0 bridgehead atoms. The molecule has 1 saturated carbocycles. The van der Waals surface area contributed by atoms with Crippen molar-refractivity contribution in [2.75, 3.05) is 19.4 Å². The Balaban J connectivity index is 1.83. The summed E-state index contributed by atoms with van der Waals surface area (Å²) in [6, 6.07) is 1.97. The Hall–Kier alpha value is -1.71. The standard InChI is InChI=1S/C18H29N5O3S/c1-12-11-14-16(17(19)21-12)22-15(8-7-13-5-6-13)23(14)9-10-26-18(2,3)27(24,25)20-4/h11,13,20H,5-10H2,1-4H3,(H2,19,21). The number of rotatable bonds is 9. The molecule has 2 aromatic rings. The lowest BCUT2D eigenvalue weighted by atomic mass is 10.2. The van der Waals surface area contributed by atoms with Gasteiger partial charge in [0.1, 0.15) is 11.3 Å². The Morgan fingerprint density at radius 3 is 2.70 bits per heavy atom. The van der Waals surface area contributed by atoms with Crippen LogP contribution in [0.15, 0.2) is 6.07 Å². The van der Waals surface area contributed by atoms with Gasteiger partial charge in [-0.25, -0.2) is 23.1 Å². The van der Waals surface area contributed by atoms with E-state index >= 15 is 0 Å². The number of aryl methyl sites for hydroxylation is 2. The van der Waals surface area contributed by atoms with Crippen molar-refractivity contribution >= 4 is 26.9 Å². The molecule has 0 aromatic carbocycles. The maximum atomic E-state index is 12.1. The van der Waals surface area contributed by atoms with Crippen LogP contribution in [0.1, 0.15) is 44.6 Å². The van der Waals surface area contributed by atoms with Gasteiger partial charge in [0.05, 0.1) is 12.1 Å². The van der Waals surface area contributed by atoms with Crippen LogP contribution in [0.25, 0.3) is 11.0 Å². The number of pyridine rings is 1. The van der Waals surface area contributed by atoms with Gasteiger partial charge in [-0.1, -0.05) is 12.8 Å². The molecule has 0 unspecified atom stereocenters. The van der Waals surface area contributed by atoms with Crippen LogP contribution in [0.4, 0.5) is 5.82 Å². The summed E-state index contributed by atoms with van der Waals surface area (Å²) >= 11 is 0. The minimum atomic E-state index is -3.55. The number of nitrogen functional groups attached to an aromatic ring is 1. The third-order valence-electron chi connectivity index (χ3n) is 5.12. The average Bonchev–Trinajstić information content (AvgIpc) is 3.35. The van der Waals surface area contributed by atoms with Crippen LogP contribution in [0.2, 0.25) is 0 Å². The Labute approximate surface area is 160 Å². The van der Waals surface area contributed by atoms with Crippen molar-refractivity contribution in [3.8, 4) is 0 Å². The molecule has 0 amide bonds. The zero-order valence-corrected chi connectivity index (χ0v) is 17.3. The summed E-state index contributed by atoms with van der Waals surface area (Å²) in [6.07, 6.45) is 4.57. The molecular formula is C18H29N5O3S. The molecule has 0 radical (unpaired) electrons. The van der Waals surface area contributed by atoms with Gasteiger partial charge in [0.25, 0.3) is 0 Å². The molecule has 0 spiro atoms. The Bertz CT molecular complexity index is 932. The fourth-order valence-corrected chi connectivity index (χ4v) is 3.94. The van der Waals surface area contributed by atoms with Crippen LogP contribution in [-0.4, -0.2) is 41.5 Å². The molecule has 1 aliphatic rings. The van der Waals surface area contributed by atoms with Crippen molar-refractivity contribution in [2.24, 2.45) is 5.92 Å². The number of nitrogens with one attached hydrogen (secondary N) is 1. The van der Waals surface area contributed by atoms with Crippen molar-refractivity contribution in [1.82, 2.24) is 19.3 Å². The normalized spacial score (nSPS) is 15.6. The van der Waals surface area contributed by atoms with Gasteiger partial charge in [0, 0.05) is 18.7 Å². The van der Waals surface area contributed by atoms with Gasteiger partial charge < -0.3 is 15.0 Å². The molecule has 9 heteroatoms. The molecule has 3 rings (SSSR count). The van der Waals surface area contributed by atoms with E-state index in [-0.39, 0.29) is 6.61 Å². The summed E-state index contributed by atoms with van der Waals surface area (Å²) in [5.41, 5.74) is 8.52. The molecule has 1 fully saturated rings. The SMILES string of the molecule is CNS(=O)(=O)C(C)(C)OCCn1c(CCC2CC2)nc2c(N)nc(C)cc21. The third kappa shape index (κ3) is 4.25. The summed E-state index contributed by atoms with van der Waals surface area (Å²) in [5.74, 6) is 2.18. The Morgan fingerprint density at radius 1 is 1.37 bits per heavy atom. The number of nitrogens with two attached hydrogens (primary N) is 1.